The van der Waals surface area contributed by atoms with Crippen molar-refractivity contribution >= 4 is 6.03 Å². The number of hydrogen-bond donors (Lipinski definition) is 2. The minimum Gasteiger partial charge on any atom is -0.333 e. The van der Waals surface area contributed by atoms with Crippen LogP contribution in [0.1, 0.15) is 52.9 Å². The highest BCUT2D eigenvalue weighted by Crippen LogP contribution is 2.21. The van der Waals surface area contributed by atoms with Gasteiger partial charge in [0.1, 0.15) is 0 Å². The summed E-state index contributed by atoms with van der Waals surface area (Å²) in [7, 11) is 0. The molecule has 0 aromatic carbocycles. The van der Waals surface area contributed by atoms with Crippen molar-refractivity contribution in [3.05, 3.63) is 11.8 Å². The Morgan fingerprint density at radius 2 is 1.80 bits per heavy atom. The molecule has 3 heteroatoms. The molecule has 2 N–H and O–H groups in total. The van der Waals surface area contributed by atoms with Gasteiger partial charge in [0.25, 0.3) is 0 Å². The van der Waals surface area contributed by atoms with E-state index in [0.29, 0.717) is 0 Å². The van der Waals surface area contributed by atoms with Crippen molar-refractivity contribution in [1.29, 1.82) is 0 Å². The number of carbonyl (C=O) groups excluding carboxylic acids is 1. The molecule has 0 aromatic heterocycles. The summed E-state index contributed by atoms with van der Waals surface area (Å²) in [6, 6.07) is -0.111. The van der Waals surface area contributed by atoms with Gasteiger partial charge in [0.15, 0.2) is 0 Å². The summed E-state index contributed by atoms with van der Waals surface area (Å²) in [5, 5.41) is 5.66. The van der Waals surface area contributed by atoms with Crippen LogP contribution in [0.25, 0.3) is 0 Å². The van der Waals surface area contributed by atoms with E-state index in [9.17, 15) is 4.79 Å². The summed E-state index contributed by atoms with van der Waals surface area (Å²) >= 11 is 0. The van der Waals surface area contributed by atoms with Crippen molar-refractivity contribution in [1.82, 2.24) is 10.6 Å². The monoisotopic (exact) mass is 210 g/mol. The normalized spacial score (nSPS) is 17.1. The topological polar surface area (TPSA) is 41.1 Å². The van der Waals surface area contributed by atoms with Gasteiger partial charge in [0.05, 0.1) is 0 Å². The van der Waals surface area contributed by atoms with E-state index >= 15 is 0 Å². The van der Waals surface area contributed by atoms with Gasteiger partial charge in [-0.1, -0.05) is 12.0 Å². The molecule has 1 rings (SSSR count). The maximum atomic E-state index is 11.4. The smallest absolute Gasteiger partial charge is 0.319 e. The van der Waals surface area contributed by atoms with Crippen LogP contribution in [0.4, 0.5) is 4.79 Å². The van der Waals surface area contributed by atoms with Crippen LogP contribution < -0.4 is 10.6 Å². The Morgan fingerprint density at radius 3 is 2.33 bits per heavy atom. The largest absolute Gasteiger partial charge is 0.333 e. The summed E-state index contributed by atoms with van der Waals surface area (Å²) in [4.78, 5) is 11.4. The van der Waals surface area contributed by atoms with Gasteiger partial charge in [-0.25, -0.2) is 4.79 Å². The van der Waals surface area contributed by atoms with Crippen molar-refractivity contribution < 1.29 is 4.79 Å². The van der Waals surface area contributed by atoms with Crippen LogP contribution in [0.15, 0.2) is 11.8 Å². The first kappa shape index (κ1) is 12.1. The number of urea groups is 1. The maximum absolute atomic E-state index is 11.4. The summed E-state index contributed by atoms with van der Waals surface area (Å²) < 4.78 is 0. The predicted octanol–water partition coefficient (Wildman–Crippen LogP) is 2.93. The minimum absolute atomic E-state index is 0.111. The molecule has 1 aliphatic rings. The Labute approximate surface area is 92.3 Å². The van der Waals surface area contributed by atoms with Crippen LogP contribution >= 0.6 is 0 Å². The van der Waals surface area contributed by atoms with E-state index in [2.05, 4.69) is 10.6 Å². The first-order valence-corrected chi connectivity index (χ1v) is 5.74. The third-order valence-corrected chi connectivity index (χ3v) is 2.39. The summed E-state index contributed by atoms with van der Waals surface area (Å²) in [6.07, 6.45) is 7.99. The number of rotatable bonds is 1. The highest BCUT2D eigenvalue weighted by Gasteiger charge is 2.12. The Bertz CT molecular complexity index is 243. The van der Waals surface area contributed by atoms with E-state index in [1.54, 1.807) is 0 Å². The molecule has 2 amide bonds. The second-order valence-electron chi connectivity index (χ2n) is 5.21. The van der Waals surface area contributed by atoms with Crippen LogP contribution in [0.5, 0.6) is 0 Å². The van der Waals surface area contributed by atoms with E-state index in [4.69, 9.17) is 0 Å². The number of allylic oxidation sites excluding steroid dienone is 1. The van der Waals surface area contributed by atoms with Crippen LogP contribution in [-0.2, 0) is 0 Å². The Hall–Kier alpha value is -0.990. The molecule has 86 valence electrons. The number of nitrogens with one attached hydrogen (secondary N) is 2. The average Bonchev–Trinajstić information content (AvgIpc) is 2.14. The van der Waals surface area contributed by atoms with Gasteiger partial charge in [0, 0.05) is 11.7 Å². The lowest BCUT2D eigenvalue weighted by Crippen LogP contribution is -2.45. The molecular formula is C12H22N2O. The molecule has 0 spiro atoms. The summed E-state index contributed by atoms with van der Waals surface area (Å²) in [5.74, 6) is 0. The average molecular weight is 210 g/mol. The zero-order valence-corrected chi connectivity index (χ0v) is 10.0. The third-order valence-electron chi connectivity index (χ3n) is 2.39. The molecule has 0 unspecified atom stereocenters. The van der Waals surface area contributed by atoms with E-state index in [1.807, 2.05) is 27.0 Å². The first-order valence-electron chi connectivity index (χ1n) is 5.74. The number of hydrogen-bond acceptors (Lipinski definition) is 1. The zero-order chi connectivity index (χ0) is 11.3. The number of carbonyl (C=O) groups is 1. The molecular weight excluding hydrogens is 188 g/mol. The molecule has 0 aliphatic heterocycles. The fourth-order valence-electron chi connectivity index (χ4n) is 1.69. The first-order chi connectivity index (χ1) is 6.97. The molecule has 0 radical (unpaired) electrons. The van der Waals surface area contributed by atoms with Gasteiger partial charge in [-0.3, -0.25) is 0 Å². The zero-order valence-electron chi connectivity index (χ0n) is 10.0. The van der Waals surface area contributed by atoms with Crippen molar-refractivity contribution in [2.75, 3.05) is 0 Å². The van der Waals surface area contributed by atoms with Crippen molar-refractivity contribution in [2.45, 2.75) is 58.4 Å². The van der Waals surface area contributed by atoms with E-state index < -0.39 is 0 Å². The lowest BCUT2D eigenvalue weighted by atomic mass is 9.96. The lowest BCUT2D eigenvalue weighted by Gasteiger charge is -2.20. The Morgan fingerprint density at radius 1 is 1.20 bits per heavy atom. The maximum Gasteiger partial charge on any atom is 0.319 e. The second-order valence-corrected chi connectivity index (χ2v) is 5.21. The molecule has 1 saturated carbocycles. The molecule has 1 aliphatic carbocycles. The lowest BCUT2D eigenvalue weighted by molar-refractivity contribution is 0.235. The van der Waals surface area contributed by atoms with Crippen LogP contribution in [0, 0.1) is 0 Å². The number of amides is 2. The SMILES string of the molecule is CC(C)(C)NC(=O)NC=C1CCCCC1. The Balaban J connectivity index is 2.32. The van der Waals surface area contributed by atoms with Crippen molar-refractivity contribution in [3.63, 3.8) is 0 Å². The van der Waals surface area contributed by atoms with Crippen molar-refractivity contribution in [2.24, 2.45) is 0 Å². The van der Waals surface area contributed by atoms with Crippen LogP contribution in [-0.4, -0.2) is 11.6 Å². The highest BCUT2D eigenvalue weighted by atomic mass is 16.2. The molecule has 1 fully saturated rings. The summed E-state index contributed by atoms with van der Waals surface area (Å²) in [5.41, 5.74) is 1.19. The minimum atomic E-state index is -0.171. The van der Waals surface area contributed by atoms with Gasteiger partial charge in [-0.2, -0.15) is 0 Å². The van der Waals surface area contributed by atoms with Crippen LogP contribution in [0.2, 0.25) is 0 Å². The second kappa shape index (κ2) is 5.19. The van der Waals surface area contributed by atoms with E-state index in [1.165, 1.54) is 24.8 Å². The fraction of sp³-hybridized carbons (Fsp3) is 0.750. The molecule has 0 saturated heterocycles. The van der Waals surface area contributed by atoms with E-state index in [0.717, 1.165) is 12.8 Å². The fourth-order valence-corrected chi connectivity index (χ4v) is 1.69. The molecule has 0 heterocycles. The van der Waals surface area contributed by atoms with Gasteiger partial charge >= 0.3 is 6.03 Å². The van der Waals surface area contributed by atoms with Crippen molar-refractivity contribution in [3.8, 4) is 0 Å². The van der Waals surface area contributed by atoms with Crippen LogP contribution in [0.3, 0.4) is 0 Å². The van der Waals surface area contributed by atoms with Gasteiger partial charge in [-0.05, 0) is 46.5 Å². The standard InChI is InChI=1S/C12H22N2O/c1-12(2,3)14-11(15)13-9-10-7-5-4-6-8-10/h9H,4-8H2,1-3H3,(H2,13,14,15). The molecule has 0 aromatic rings. The predicted molar refractivity (Wildman–Crippen MR) is 62.6 cm³/mol. The molecule has 0 atom stereocenters. The highest BCUT2D eigenvalue weighted by molar-refractivity contribution is 5.75. The quantitative estimate of drug-likeness (QED) is 0.686. The van der Waals surface area contributed by atoms with Gasteiger partial charge in [0.2, 0.25) is 0 Å². The van der Waals surface area contributed by atoms with Gasteiger partial charge < -0.3 is 10.6 Å². The van der Waals surface area contributed by atoms with E-state index in [-0.39, 0.29) is 11.6 Å². The molecule has 15 heavy (non-hydrogen) atoms. The van der Waals surface area contributed by atoms with Gasteiger partial charge in [-0.15, -0.1) is 0 Å². The Kier molecular flexibility index (Phi) is 4.18. The molecule has 0 bridgehead atoms. The third kappa shape index (κ3) is 5.45. The molecule has 3 nitrogen and oxygen atoms in total. The summed E-state index contributed by atoms with van der Waals surface area (Å²) in [6.45, 7) is 5.92.